The topological polar surface area (TPSA) is 29.3 Å². The summed E-state index contributed by atoms with van der Waals surface area (Å²) in [6.45, 7) is 8.21. The zero-order chi connectivity index (χ0) is 13.7. The summed E-state index contributed by atoms with van der Waals surface area (Å²) >= 11 is 0. The zero-order valence-electron chi connectivity index (χ0n) is 13.2. The van der Waals surface area contributed by atoms with Gasteiger partial charge in [0.15, 0.2) is 0 Å². The number of nitrogens with two attached hydrogens (primary N) is 1. The molecule has 0 bridgehead atoms. The van der Waals surface area contributed by atoms with Crippen LogP contribution in [0.1, 0.15) is 71.6 Å². The van der Waals surface area contributed by atoms with Gasteiger partial charge in [-0.05, 0) is 50.1 Å². The SMILES string of the molecule is CCC1(CC)CCN(C(CN)C2CCCCC2)CC1. The fourth-order valence-electron chi connectivity index (χ4n) is 4.45. The van der Waals surface area contributed by atoms with Gasteiger partial charge in [0.25, 0.3) is 0 Å². The highest BCUT2D eigenvalue weighted by molar-refractivity contribution is 4.89. The Morgan fingerprint density at radius 1 is 1.05 bits per heavy atom. The second-order valence-electron chi connectivity index (χ2n) is 6.94. The molecule has 112 valence electrons. The van der Waals surface area contributed by atoms with Crippen LogP contribution >= 0.6 is 0 Å². The zero-order valence-corrected chi connectivity index (χ0v) is 13.2. The second-order valence-corrected chi connectivity index (χ2v) is 6.94. The van der Waals surface area contributed by atoms with E-state index in [-0.39, 0.29) is 0 Å². The van der Waals surface area contributed by atoms with Crippen molar-refractivity contribution in [2.24, 2.45) is 17.1 Å². The largest absolute Gasteiger partial charge is 0.329 e. The van der Waals surface area contributed by atoms with Crippen LogP contribution < -0.4 is 5.73 Å². The van der Waals surface area contributed by atoms with Crippen molar-refractivity contribution >= 4 is 0 Å². The van der Waals surface area contributed by atoms with E-state index in [1.807, 2.05) is 0 Å². The van der Waals surface area contributed by atoms with E-state index in [0.29, 0.717) is 11.5 Å². The molecule has 1 heterocycles. The average molecular weight is 266 g/mol. The van der Waals surface area contributed by atoms with Crippen molar-refractivity contribution in [1.29, 1.82) is 0 Å². The summed E-state index contributed by atoms with van der Waals surface area (Å²) in [5.74, 6) is 0.884. The van der Waals surface area contributed by atoms with Gasteiger partial charge in [0.05, 0.1) is 0 Å². The first-order chi connectivity index (χ1) is 9.24. The molecule has 2 aliphatic rings. The smallest absolute Gasteiger partial charge is 0.0246 e. The second kappa shape index (κ2) is 7.08. The van der Waals surface area contributed by atoms with Crippen molar-refractivity contribution in [3.63, 3.8) is 0 Å². The molecule has 1 saturated carbocycles. The molecule has 0 aromatic rings. The fraction of sp³-hybridized carbons (Fsp3) is 1.00. The van der Waals surface area contributed by atoms with Gasteiger partial charge in [-0.2, -0.15) is 0 Å². The van der Waals surface area contributed by atoms with E-state index in [9.17, 15) is 0 Å². The Morgan fingerprint density at radius 2 is 1.63 bits per heavy atom. The number of piperidine rings is 1. The van der Waals surface area contributed by atoms with Crippen molar-refractivity contribution in [3.8, 4) is 0 Å². The van der Waals surface area contributed by atoms with Crippen LogP contribution in [0.25, 0.3) is 0 Å². The summed E-state index contributed by atoms with van der Waals surface area (Å²) in [4.78, 5) is 2.74. The minimum absolute atomic E-state index is 0.641. The van der Waals surface area contributed by atoms with Crippen LogP contribution in [-0.2, 0) is 0 Å². The van der Waals surface area contributed by atoms with E-state index >= 15 is 0 Å². The molecule has 2 N–H and O–H groups in total. The van der Waals surface area contributed by atoms with Gasteiger partial charge in [-0.25, -0.2) is 0 Å². The van der Waals surface area contributed by atoms with Crippen LogP contribution in [-0.4, -0.2) is 30.6 Å². The van der Waals surface area contributed by atoms with E-state index in [4.69, 9.17) is 5.73 Å². The molecule has 0 amide bonds. The van der Waals surface area contributed by atoms with Gasteiger partial charge in [0, 0.05) is 12.6 Å². The summed E-state index contributed by atoms with van der Waals surface area (Å²) < 4.78 is 0. The summed E-state index contributed by atoms with van der Waals surface area (Å²) in [5.41, 5.74) is 6.77. The molecule has 2 fully saturated rings. The Kier molecular flexibility index (Phi) is 5.70. The molecule has 2 nitrogen and oxygen atoms in total. The molecule has 1 atom stereocenters. The maximum Gasteiger partial charge on any atom is 0.0246 e. The van der Waals surface area contributed by atoms with Gasteiger partial charge >= 0.3 is 0 Å². The average Bonchev–Trinajstić information content (AvgIpc) is 2.50. The Labute approximate surface area is 120 Å². The van der Waals surface area contributed by atoms with Gasteiger partial charge in [0.1, 0.15) is 0 Å². The summed E-state index contributed by atoms with van der Waals surface area (Å²) in [6.07, 6.45) is 12.7. The molecule has 1 aliphatic heterocycles. The lowest BCUT2D eigenvalue weighted by Crippen LogP contribution is -2.51. The van der Waals surface area contributed by atoms with Gasteiger partial charge < -0.3 is 5.73 Å². The first-order valence-electron chi connectivity index (χ1n) is 8.69. The summed E-state index contributed by atoms with van der Waals surface area (Å²) in [6, 6.07) is 0.673. The van der Waals surface area contributed by atoms with E-state index in [1.165, 1.54) is 70.9 Å². The number of rotatable bonds is 5. The fourth-order valence-corrected chi connectivity index (χ4v) is 4.45. The molecular formula is C17H34N2. The minimum atomic E-state index is 0.641. The highest BCUT2D eigenvalue weighted by Crippen LogP contribution is 2.39. The highest BCUT2D eigenvalue weighted by Gasteiger charge is 2.35. The molecule has 0 radical (unpaired) electrons. The van der Waals surface area contributed by atoms with Crippen molar-refractivity contribution in [2.75, 3.05) is 19.6 Å². The Balaban J connectivity index is 1.90. The van der Waals surface area contributed by atoms with Crippen molar-refractivity contribution < 1.29 is 0 Å². The van der Waals surface area contributed by atoms with Crippen LogP contribution in [0, 0.1) is 11.3 Å². The van der Waals surface area contributed by atoms with Crippen LogP contribution in [0.15, 0.2) is 0 Å². The quantitative estimate of drug-likeness (QED) is 0.820. The third-order valence-electron chi connectivity index (χ3n) is 6.26. The maximum atomic E-state index is 6.13. The van der Waals surface area contributed by atoms with Crippen molar-refractivity contribution in [3.05, 3.63) is 0 Å². The van der Waals surface area contributed by atoms with Crippen molar-refractivity contribution in [2.45, 2.75) is 77.7 Å². The number of nitrogens with zero attached hydrogens (tertiary/aromatic N) is 1. The lowest BCUT2D eigenvalue weighted by molar-refractivity contribution is 0.0401. The lowest BCUT2D eigenvalue weighted by Gasteiger charge is -2.46. The highest BCUT2D eigenvalue weighted by atomic mass is 15.2. The number of hydrogen-bond donors (Lipinski definition) is 1. The Bertz CT molecular complexity index is 244. The molecule has 2 rings (SSSR count). The molecule has 19 heavy (non-hydrogen) atoms. The predicted octanol–water partition coefficient (Wildman–Crippen LogP) is 3.80. The van der Waals surface area contributed by atoms with Crippen LogP contribution in [0.5, 0.6) is 0 Å². The minimum Gasteiger partial charge on any atom is -0.329 e. The molecule has 1 saturated heterocycles. The van der Waals surface area contributed by atoms with Gasteiger partial charge in [0.2, 0.25) is 0 Å². The third kappa shape index (κ3) is 3.52. The first-order valence-corrected chi connectivity index (χ1v) is 8.69. The molecular weight excluding hydrogens is 232 g/mol. The lowest BCUT2D eigenvalue weighted by atomic mass is 9.73. The standard InChI is InChI=1S/C17H34N2/c1-3-17(4-2)10-12-19(13-11-17)16(14-18)15-8-6-5-7-9-15/h15-16H,3-14,18H2,1-2H3. The van der Waals surface area contributed by atoms with Crippen LogP contribution in [0.4, 0.5) is 0 Å². The normalized spacial score (nSPS) is 27.3. The summed E-state index contributed by atoms with van der Waals surface area (Å²) in [7, 11) is 0. The van der Waals surface area contributed by atoms with Crippen LogP contribution in [0.3, 0.4) is 0 Å². The van der Waals surface area contributed by atoms with E-state index < -0.39 is 0 Å². The van der Waals surface area contributed by atoms with Gasteiger partial charge in [-0.3, -0.25) is 4.90 Å². The first kappa shape index (κ1) is 15.3. The molecule has 1 aliphatic carbocycles. The molecule has 0 aromatic carbocycles. The maximum absolute atomic E-state index is 6.13. The van der Waals surface area contributed by atoms with E-state index in [1.54, 1.807) is 0 Å². The third-order valence-corrected chi connectivity index (χ3v) is 6.26. The van der Waals surface area contributed by atoms with Crippen LogP contribution in [0.2, 0.25) is 0 Å². The monoisotopic (exact) mass is 266 g/mol. The molecule has 0 spiro atoms. The molecule has 1 unspecified atom stereocenters. The molecule has 0 aromatic heterocycles. The Morgan fingerprint density at radius 3 is 2.11 bits per heavy atom. The summed E-state index contributed by atoms with van der Waals surface area (Å²) in [5, 5.41) is 0. The number of likely N-dealkylation sites (tertiary alicyclic amines) is 1. The predicted molar refractivity (Wildman–Crippen MR) is 83.2 cm³/mol. The van der Waals surface area contributed by atoms with E-state index in [2.05, 4.69) is 18.7 Å². The van der Waals surface area contributed by atoms with E-state index in [0.717, 1.165) is 12.5 Å². The Hall–Kier alpha value is -0.0800. The van der Waals surface area contributed by atoms with Gasteiger partial charge in [-0.15, -0.1) is 0 Å². The van der Waals surface area contributed by atoms with Gasteiger partial charge in [-0.1, -0.05) is 46.0 Å². The van der Waals surface area contributed by atoms with Crippen molar-refractivity contribution in [1.82, 2.24) is 4.90 Å². The molecule has 2 heteroatoms. The number of hydrogen-bond acceptors (Lipinski definition) is 2.